The zero-order valence-electron chi connectivity index (χ0n) is 12.0. The summed E-state index contributed by atoms with van der Waals surface area (Å²) in [5, 5.41) is 10.6. The lowest BCUT2D eigenvalue weighted by atomic mass is 9.85. The molecule has 0 aromatic heterocycles. The van der Waals surface area contributed by atoms with Crippen LogP contribution in [0.3, 0.4) is 0 Å². The summed E-state index contributed by atoms with van der Waals surface area (Å²) in [7, 11) is 0. The zero-order valence-corrected chi connectivity index (χ0v) is 12.8. The van der Waals surface area contributed by atoms with E-state index in [2.05, 4.69) is 0 Å². The van der Waals surface area contributed by atoms with Gasteiger partial charge in [-0.05, 0) is 50.6 Å². The lowest BCUT2D eigenvalue weighted by Gasteiger charge is -2.36. The maximum absolute atomic E-state index is 11.9. The first-order chi connectivity index (χ1) is 9.81. The number of carbonyl (C=O) groups is 1. The van der Waals surface area contributed by atoms with Crippen LogP contribution in [0.1, 0.15) is 36.7 Å². The maximum atomic E-state index is 11.9. The Balaban J connectivity index is 2.38. The number of halogens is 1. The fraction of sp³-hybridized carbons (Fsp3) is 0.235. The molecule has 0 amide bonds. The molecule has 1 heterocycles. The second-order valence-corrected chi connectivity index (χ2v) is 6.13. The summed E-state index contributed by atoms with van der Waals surface area (Å²) < 4.78 is 6.03. The number of rotatable bonds is 1. The third kappa shape index (κ3) is 2.09. The highest BCUT2D eigenvalue weighted by molar-refractivity contribution is 6.30. The van der Waals surface area contributed by atoms with Crippen LogP contribution in [0.5, 0.6) is 11.5 Å². The number of phenols is 1. The third-order valence-electron chi connectivity index (χ3n) is 3.77. The number of hydrogen-bond donors (Lipinski definition) is 1. The van der Waals surface area contributed by atoms with Gasteiger partial charge in [0.25, 0.3) is 0 Å². The molecule has 0 unspecified atom stereocenters. The number of hydrogen-bond acceptors (Lipinski definition) is 3. The largest absolute Gasteiger partial charge is 0.507 e. The second kappa shape index (κ2) is 4.50. The molecule has 1 aliphatic heterocycles. The van der Waals surface area contributed by atoms with Crippen molar-refractivity contribution in [3.63, 3.8) is 0 Å². The molecule has 0 radical (unpaired) electrons. The van der Waals surface area contributed by atoms with Gasteiger partial charge in [0, 0.05) is 16.1 Å². The van der Waals surface area contributed by atoms with Crippen molar-refractivity contribution < 1.29 is 14.6 Å². The SMILES string of the molecule is CC(=O)c1c(O)ccc2c1OC(C)(C)c1cc(Cl)ccc1-2. The van der Waals surface area contributed by atoms with Crippen LogP contribution in [0.25, 0.3) is 11.1 Å². The van der Waals surface area contributed by atoms with Crippen molar-refractivity contribution >= 4 is 17.4 Å². The average Bonchev–Trinajstić information content (AvgIpc) is 2.38. The van der Waals surface area contributed by atoms with E-state index in [0.29, 0.717) is 10.8 Å². The third-order valence-corrected chi connectivity index (χ3v) is 4.00. The number of benzene rings is 2. The van der Waals surface area contributed by atoms with Crippen LogP contribution in [-0.2, 0) is 5.60 Å². The minimum absolute atomic E-state index is 0.0607. The lowest BCUT2D eigenvalue weighted by Crippen LogP contribution is -2.30. The number of Topliss-reactive ketones (excluding diaryl/α,β-unsaturated/α-hetero) is 1. The smallest absolute Gasteiger partial charge is 0.167 e. The highest BCUT2D eigenvalue weighted by atomic mass is 35.5. The van der Waals surface area contributed by atoms with E-state index in [0.717, 1.165) is 16.7 Å². The van der Waals surface area contributed by atoms with Gasteiger partial charge < -0.3 is 9.84 Å². The Morgan fingerprint density at radius 1 is 1.19 bits per heavy atom. The van der Waals surface area contributed by atoms with Gasteiger partial charge in [-0.1, -0.05) is 17.7 Å². The van der Waals surface area contributed by atoms with E-state index in [1.165, 1.54) is 13.0 Å². The molecule has 0 saturated heterocycles. The van der Waals surface area contributed by atoms with Crippen molar-refractivity contribution in [3.8, 4) is 22.6 Å². The second-order valence-electron chi connectivity index (χ2n) is 5.69. The van der Waals surface area contributed by atoms with Crippen molar-refractivity contribution in [2.24, 2.45) is 0 Å². The standard InChI is InChI=1S/C17H15ClO3/c1-9(19)15-14(20)7-6-12-11-5-4-10(18)8-13(11)17(2,3)21-16(12)15/h4-8,20H,1-3H3. The van der Waals surface area contributed by atoms with Crippen molar-refractivity contribution in [1.82, 2.24) is 0 Å². The van der Waals surface area contributed by atoms with E-state index in [4.69, 9.17) is 16.3 Å². The van der Waals surface area contributed by atoms with Crippen LogP contribution in [0.4, 0.5) is 0 Å². The first-order valence-electron chi connectivity index (χ1n) is 6.67. The van der Waals surface area contributed by atoms with Crippen LogP contribution in [-0.4, -0.2) is 10.9 Å². The number of phenolic OH excluding ortho intramolecular Hbond substituents is 1. The highest BCUT2D eigenvalue weighted by Crippen LogP contribution is 2.49. The van der Waals surface area contributed by atoms with Crippen molar-refractivity contribution in [2.45, 2.75) is 26.4 Å². The molecule has 2 aromatic carbocycles. The Labute approximate surface area is 128 Å². The predicted octanol–water partition coefficient (Wildman–Crippen LogP) is 4.54. The molecule has 2 aromatic rings. The van der Waals surface area contributed by atoms with Gasteiger partial charge >= 0.3 is 0 Å². The molecule has 1 N–H and O–H groups in total. The van der Waals surface area contributed by atoms with E-state index in [1.807, 2.05) is 32.0 Å². The summed E-state index contributed by atoms with van der Waals surface area (Å²) in [4.78, 5) is 11.9. The van der Waals surface area contributed by atoms with E-state index < -0.39 is 5.60 Å². The van der Waals surface area contributed by atoms with Crippen molar-refractivity contribution in [3.05, 3.63) is 46.5 Å². The molecule has 21 heavy (non-hydrogen) atoms. The molecule has 0 bridgehead atoms. The summed E-state index contributed by atoms with van der Waals surface area (Å²) in [6.07, 6.45) is 0. The molecule has 0 aliphatic carbocycles. The molecule has 0 saturated carbocycles. The fourth-order valence-corrected chi connectivity index (χ4v) is 2.96. The van der Waals surface area contributed by atoms with Crippen LogP contribution in [0, 0.1) is 0 Å². The quantitative estimate of drug-likeness (QED) is 0.787. The van der Waals surface area contributed by atoms with E-state index in [9.17, 15) is 9.90 Å². The molecule has 4 heteroatoms. The van der Waals surface area contributed by atoms with Crippen molar-refractivity contribution in [2.75, 3.05) is 0 Å². The van der Waals surface area contributed by atoms with Gasteiger partial charge in [0.15, 0.2) is 5.78 Å². The van der Waals surface area contributed by atoms with Gasteiger partial charge in [0.1, 0.15) is 22.7 Å². The number of fused-ring (bicyclic) bond motifs is 3. The molecule has 1 aliphatic rings. The topological polar surface area (TPSA) is 46.5 Å². The van der Waals surface area contributed by atoms with Crippen LogP contribution < -0.4 is 4.74 Å². The Morgan fingerprint density at radius 3 is 2.52 bits per heavy atom. The first-order valence-corrected chi connectivity index (χ1v) is 7.05. The number of ether oxygens (including phenoxy) is 1. The number of carbonyl (C=O) groups excluding carboxylic acids is 1. The molecule has 0 spiro atoms. The van der Waals surface area contributed by atoms with Gasteiger partial charge in [-0.25, -0.2) is 0 Å². The first kappa shape index (κ1) is 14.0. The molecule has 0 atom stereocenters. The number of ketones is 1. The Bertz CT molecular complexity index is 763. The summed E-state index contributed by atoms with van der Waals surface area (Å²) in [5.74, 6) is 0.148. The van der Waals surface area contributed by atoms with E-state index >= 15 is 0 Å². The summed E-state index contributed by atoms with van der Waals surface area (Å²) in [6.45, 7) is 5.25. The van der Waals surface area contributed by atoms with Gasteiger partial charge in [0.2, 0.25) is 0 Å². The molecular weight excluding hydrogens is 288 g/mol. The monoisotopic (exact) mass is 302 g/mol. The average molecular weight is 303 g/mol. The minimum Gasteiger partial charge on any atom is -0.507 e. The Morgan fingerprint density at radius 2 is 1.86 bits per heavy atom. The highest BCUT2D eigenvalue weighted by Gasteiger charge is 2.35. The minimum atomic E-state index is -0.634. The van der Waals surface area contributed by atoms with Gasteiger partial charge in [-0.15, -0.1) is 0 Å². The molecule has 0 fully saturated rings. The van der Waals surface area contributed by atoms with Gasteiger partial charge in [0.05, 0.1) is 0 Å². The van der Waals surface area contributed by atoms with Crippen molar-refractivity contribution in [1.29, 1.82) is 0 Å². The van der Waals surface area contributed by atoms with Crippen LogP contribution in [0.2, 0.25) is 5.02 Å². The summed E-state index contributed by atoms with van der Waals surface area (Å²) in [5.41, 5.74) is 2.31. The van der Waals surface area contributed by atoms with E-state index in [1.54, 1.807) is 6.07 Å². The fourth-order valence-electron chi connectivity index (χ4n) is 2.79. The Hall–Kier alpha value is -2.00. The van der Waals surface area contributed by atoms with Crippen LogP contribution >= 0.6 is 11.6 Å². The van der Waals surface area contributed by atoms with E-state index in [-0.39, 0.29) is 17.1 Å². The molecule has 3 rings (SSSR count). The molecular formula is C17H15ClO3. The Kier molecular flexibility index (Phi) is 2.99. The molecule has 108 valence electrons. The van der Waals surface area contributed by atoms with Gasteiger partial charge in [-0.2, -0.15) is 0 Å². The summed E-state index contributed by atoms with van der Waals surface area (Å²) in [6, 6.07) is 8.89. The zero-order chi connectivity index (χ0) is 15.4. The predicted molar refractivity (Wildman–Crippen MR) is 82.2 cm³/mol. The normalized spacial score (nSPS) is 14.9. The lowest BCUT2D eigenvalue weighted by molar-refractivity contribution is 0.0940. The summed E-state index contributed by atoms with van der Waals surface area (Å²) >= 11 is 6.09. The van der Waals surface area contributed by atoms with Crippen LogP contribution in [0.15, 0.2) is 30.3 Å². The maximum Gasteiger partial charge on any atom is 0.167 e. The molecule has 3 nitrogen and oxygen atoms in total. The number of aromatic hydroxyl groups is 1. The van der Waals surface area contributed by atoms with Gasteiger partial charge in [-0.3, -0.25) is 4.79 Å².